The van der Waals surface area contributed by atoms with Crippen LogP contribution in [0.25, 0.3) is 88.0 Å². The lowest BCUT2D eigenvalue weighted by molar-refractivity contribution is 0.670. The topological polar surface area (TPSA) is 13.1 Å². The Labute approximate surface area is 261 Å². The molecule has 45 heavy (non-hydrogen) atoms. The van der Waals surface area contributed by atoms with Crippen molar-refractivity contribution in [1.29, 1.82) is 0 Å². The van der Waals surface area contributed by atoms with E-state index in [1.165, 1.54) is 54.9 Å². The molecule has 0 saturated heterocycles. The maximum atomic E-state index is 6.40. The maximum absolute atomic E-state index is 6.40. The molecule has 0 bridgehead atoms. The highest BCUT2D eigenvalue weighted by atomic mass is 16.3. The first-order valence-electron chi connectivity index (χ1n) is 15.4. The molecule has 1 aromatic heterocycles. The summed E-state index contributed by atoms with van der Waals surface area (Å²) in [7, 11) is 0. The standard InChI is InChI=1S/C44H28O/c1-3-13-29(14-4-1)42-36-20-7-8-21-37(36)43(30-15-5-2-6-16-30)40-28-32(25-26-38(40)42)31-17-11-18-33(27-31)34-22-12-23-39-35-19-9-10-24-41(35)45-44(34)39/h1-28H. The van der Waals surface area contributed by atoms with E-state index in [2.05, 4.69) is 158 Å². The first kappa shape index (κ1) is 25.6. The van der Waals surface area contributed by atoms with Crippen molar-refractivity contribution in [3.63, 3.8) is 0 Å². The van der Waals surface area contributed by atoms with Crippen LogP contribution in [0.3, 0.4) is 0 Å². The van der Waals surface area contributed by atoms with Gasteiger partial charge in [-0.15, -0.1) is 0 Å². The molecule has 1 nitrogen and oxygen atoms in total. The molecule has 0 unspecified atom stereocenters. The van der Waals surface area contributed by atoms with Crippen LogP contribution in [0.5, 0.6) is 0 Å². The Morgan fingerprint density at radius 1 is 0.289 bits per heavy atom. The number of hydrogen-bond donors (Lipinski definition) is 0. The number of hydrogen-bond acceptors (Lipinski definition) is 1. The molecule has 210 valence electrons. The average molecular weight is 573 g/mol. The lowest BCUT2D eigenvalue weighted by atomic mass is 9.85. The molecule has 0 aliphatic rings. The van der Waals surface area contributed by atoms with E-state index < -0.39 is 0 Å². The molecular weight excluding hydrogens is 544 g/mol. The molecule has 0 N–H and O–H groups in total. The quantitative estimate of drug-likeness (QED) is 0.191. The van der Waals surface area contributed by atoms with Crippen LogP contribution in [0.1, 0.15) is 0 Å². The Kier molecular flexibility index (Phi) is 5.89. The van der Waals surface area contributed by atoms with Gasteiger partial charge in [0.15, 0.2) is 0 Å². The Hall–Kier alpha value is -5.92. The van der Waals surface area contributed by atoms with Crippen molar-refractivity contribution in [2.45, 2.75) is 0 Å². The van der Waals surface area contributed by atoms with Crippen LogP contribution in [0.4, 0.5) is 0 Å². The Morgan fingerprint density at radius 2 is 0.800 bits per heavy atom. The number of fused-ring (bicyclic) bond motifs is 5. The first-order valence-corrected chi connectivity index (χ1v) is 15.4. The summed E-state index contributed by atoms with van der Waals surface area (Å²) < 4.78 is 6.40. The molecule has 9 rings (SSSR count). The number of furan rings is 1. The predicted octanol–water partition coefficient (Wildman–Crippen LogP) is 12.6. The predicted molar refractivity (Wildman–Crippen MR) is 190 cm³/mol. The van der Waals surface area contributed by atoms with E-state index in [-0.39, 0.29) is 0 Å². The second kappa shape index (κ2) is 10.4. The highest BCUT2D eigenvalue weighted by Gasteiger charge is 2.18. The zero-order chi connectivity index (χ0) is 29.7. The smallest absolute Gasteiger partial charge is 0.143 e. The number of benzene rings is 8. The third-order valence-corrected chi connectivity index (χ3v) is 9.06. The van der Waals surface area contributed by atoms with Gasteiger partial charge in [-0.3, -0.25) is 0 Å². The van der Waals surface area contributed by atoms with E-state index in [0.717, 1.165) is 33.1 Å². The van der Waals surface area contributed by atoms with Gasteiger partial charge in [-0.1, -0.05) is 152 Å². The van der Waals surface area contributed by atoms with E-state index >= 15 is 0 Å². The summed E-state index contributed by atoms with van der Waals surface area (Å²) in [6, 6.07) is 61.0. The number of rotatable bonds is 4. The monoisotopic (exact) mass is 572 g/mol. The van der Waals surface area contributed by atoms with Crippen molar-refractivity contribution in [2.75, 3.05) is 0 Å². The minimum atomic E-state index is 0.917. The maximum Gasteiger partial charge on any atom is 0.143 e. The van der Waals surface area contributed by atoms with Gasteiger partial charge in [-0.2, -0.15) is 0 Å². The van der Waals surface area contributed by atoms with Crippen molar-refractivity contribution in [2.24, 2.45) is 0 Å². The largest absolute Gasteiger partial charge is 0.455 e. The summed E-state index contributed by atoms with van der Waals surface area (Å²) >= 11 is 0. The minimum absolute atomic E-state index is 0.917. The molecular formula is C44H28O. The van der Waals surface area contributed by atoms with Crippen LogP contribution >= 0.6 is 0 Å². The summed E-state index contributed by atoms with van der Waals surface area (Å²) in [5.41, 5.74) is 11.5. The molecule has 0 radical (unpaired) electrons. The van der Waals surface area contributed by atoms with Gasteiger partial charge in [0.1, 0.15) is 11.2 Å². The van der Waals surface area contributed by atoms with Gasteiger partial charge in [-0.05, 0) is 78.7 Å². The van der Waals surface area contributed by atoms with E-state index in [0.29, 0.717) is 0 Å². The molecule has 1 heteroatoms. The molecule has 1 heterocycles. The van der Waals surface area contributed by atoms with E-state index in [1.54, 1.807) is 0 Å². The normalized spacial score (nSPS) is 11.6. The Morgan fingerprint density at radius 3 is 1.53 bits per heavy atom. The molecule has 8 aromatic carbocycles. The Balaban J connectivity index is 1.29. The van der Waals surface area contributed by atoms with Crippen LogP contribution < -0.4 is 0 Å². The minimum Gasteiger partial charge on any atom is -0.455 e. The van der Waals surface area contributed by atoms with Gasteiger partial charge in [0.2, 0.25) is 0 Å². The van der Waals surface area contributed by atoms with Gasteiger partial charge in [0, 0.05) is 16.3 Å². The van der Waals surface area contributed by atoms with Gasteiger partial charge >= 0.3 is 0 Å². The third-order valence-electron chi connectivity index (χ3n) is 9.06. The molecule has 0 aliphatic carbocycles. The third kappa shape index (κ3) is 4.17. The van der Waals surface area contributed by atoms with Gasteiger partial charge in [-0.25, -0.2) is 0 Å². The lowest BCUT2D eigenvalue weighted by Crippen LogP contribution is -1.91. The fourth-order valence-corrected chi connectivity index (χ4v) is 7.03. The van der Waals surface area contributed by atoms with E-state index in [4.69, 9.17) is 4.42 Å². The van der Waals surface area contributed by atoms with Crippen LogP contribution in [-0.2, 0) is 0 Å². The highest BCUT2D eigenvalue weighted by Crippen LogP contribution is 2.45. The molecule has 9 aromatic rings. The van der Waals surface area contributed by atoms with Crippen molar-refractivity contribution in [3.05, 3.63) is 170 Å². The van der Waals surface area contributed by atoms with Crippen LogP contribution in [0.15, 0.2) is 174 Å². The second-order valence-corrected chi connectivity index (χ2v) is 11.6. The van der Waals surface area contributed by atoms with Crippen LogP contribution in [-0.4, -0.2) is 0 Å². The zero-order valence-corrected chi connectivity index (χ0v) is 24.6. The van der Waals surface area contributed by atoms with Crippen molar-refractivity contribution in [3.8, 4) is 44.5 Å². The van der Waals surface area contributed by atoms with Crippen LogP contribution in [0, 0.1) is 0 Å². The summed E-state index contributed by atoms with van der Waals surface area (Å²) in [5.74, 6) is 0. The fourth-order valence-electron chi connectivity index (χ4n) is 7.03. The molecule has 0 saturated carbocycles. The number of para-hydroxylation sites is 2. The van der Waals surface area contributed by atoms with Gasteiger partial charge in [0.05, 0.1) is 0 Å². The average Bonchev–Trinajstić information content (AvgIpc) is 3.50. The molecule has 0 atom stereocenters. The van der Waals surface area contributed by atoms with Crippen LogP contribution in [0.2, 0.25) is 0 Å². The SMILES string of the molecule is c1ccc(-c2c3ccccc3c(-c3ccccc3)c3cc(-c4cccc(-c5cccc6c5oc5ccccc56)c4)ccc23)cc1. The van der Waals surface area contributed by atoms with Crippen molar-refractivity contribution < 1.29 is 4.42 Å². The van der Waals surface area contributed by atoms with Gasteiger partial charge in [0.25, 0.3) is 0 Å². The molecule has 0 amide bonds. The summed E-state index contributed by atoms with van der Waals surface area (Å²) in [5, 5.41) is 7.33. The first-order chi connectivity index (χ1) is 22.3. The van der Waals surface area contributed by atoms with Crippen molar-refractivity contribution >= 4 is 43.5 Å². The zero-order valence-electron chi connectivity index (χ0n) is 24.6. The van der Waals surface area contributed by atoms with E-state index in [1.807, 2.05) is 12.1 Å². The second-order valence-electron chi connectivity index (χ2n) is 11.6. The summed E-state index contributed by atoms with van der Waals surface area (Å²) in [6.45, 7) is 0. The highest BCUT2D eigenvalue weighted by molar-refractivity contribution is 6.22. The summed E-state index contributed by atoms with van der Waals surface area (Å²) in [4.78, 5) is 0. The van der Waals surface area contributed by atoms with Gasteiger partial charge < -0.3 is 4.42 Å². The Bertz CT molecular complexity index is 2520. The van der Waals surface area contributed by atoms with E-state index in [9.17, 15) is 0 Å². The fraction of sp³-hybridized carbons (Fsp3) is 0. The summed E-state index contributed by atoms with van der Waals surface area (Å²) in [6.07, 6.45) is 0. The van der Waals surface area contributed by atoms with Crippen molar-refractivity contribution in [1.82, 2.24) is 0 Å². The molecule has 0 fully saturated rings. The molecule has 0 aliphatic heterocycles. The molecule has 0 spiro atoms. The lowest BCUT2D eigenvalue weighted by Gasteiger charge is -2.19.